The van der Waals surface area contributed by atoms with Crippen LogP contribution in [0, 0.1) is 0 Å². The van der Waals surface area contributed by atoms with Crippen LogP contribution in [0.15, 0.2) is 99.8 Å². The summed E-state index contributed by atoms with van der Waals surface area (Å²) in [6.45, 7) is 16.2. The highest BCUT2D eigenvalue weighted by molar-refractivity contribution is 5.83. The highest BCUT2D eigenvalue weighted by atomic mass is 14.9. The average molecular weight is 511 g/mol. The Balaban J connectivity index is 0.00000153. The molecular formula is C34H46N4. The van der Waals surface area contributed by atoms with E-state index < -0.39 is 0 Å². The van der Waals surface area contributed by atoms with Crippen molar-refractivity contribution < 1.29 is 0 Å². The predicted octanol–water partition coefficient (Wildman–Crippen LogP) is 10.2. The van der Waals surface area contributed by atoms with E-state index in [1.807, 2.05) is 103 Å². The smallest absolute Gasteiger partial charge is 0.151 e. The van der Waals surface area contributed by atoms with Crippen molar-refractivity contribution in [2.45, 2.75) is 68.2 Å². The van der Waals surface area contributed by atoms with Gasteiger partial charge in [-0.2, -0.15) is 0 Å². The van der Waals surface area contributed by atoms with Gasteiger partial charge in [0.25, 0.3) is 0 Å². The minimum Gasteiger partial charge on any atom is -0.242 e. The van der Waals surface area contributed by atoms with Crippen LogP contribution < -0.4 is 0 Å². The maximum atomic E-state index is 4.37. The van der Waals surface area contributed by atoms with Crippen LogP contribution in [0.1, 0.15) is 90.5 Å². The van der Waals surface area contributed by atoms with Gasteiger partial charge in [-0.1, -0.05) is 121 Å². The third-order valence-corrected chi connectivity index (χ3v) is 4.70. The number of unbranched alkanes of at least 4 members (excludes halogenated alkanes) is 1. The summed E-state index contributed by atoms with van der Waals surface area (Å²) in [6.07, 6.45) is 15.8. The van der Waals surface area contributed by atoms with Crippen molar-refractivity contribution in [3.8, 4) is 0 Å². The van der Waals surface area contributed by atoms with E-state index in [2.05, 4.69) is 70.2 Å². The van der Waals surface area contributed by atoms with Crippen molar-refractivity contribution in [2.24, 2.45) is 15.0 Å². The highest BCUT2D eigenvalue weighted by Gasteiger charge is 1.93. The summed E-state index contributed by atoms with van der Waals surface area (Å²) in [7, 11) is 0. The normalized spacial score (nSPS) is 11.1. The molecule has 0 fully saturated rings. The molecule has 0 bridgehead atoms. The summed E-state index contributed by atoms with van der Waals surface area (Å²) in [5.74, 6) is 1.41. The van der Waals surface area contributed by atoms with E-state index in [4.69, 9.17) is 0 Å². The standard InChI is InChI=1S/C26H24N4.C4H10.2C2H6/c1-3-25(27-4-2)29-19-23-14-10-21(11-15-23)8-9-22-12-16-24(17-13-22)20-30-26-7-5-6-18-28-26;1-3-4-2;2*1-2/h3-20H,1-2H3;3-4H2,1-2H3;2*1-2H3/b9-8+,25-3+,27-4-,29-19+,30-20+;;;. The Morgan fingerprint density at radius 2 is 1.16 bits per heavy atom. The Morgan fingerprint density at radius 3 is 1.58 bits per heavy atom. The van der Waals surface area contributed by atoms with E-state index in [1.165, 1.54) is 12.8 Å². The molecule has 0 atom stereocenters. The van der Waals surface area contributed by atoms with E-state index in [0.717, 1.165) is 22.3 Å². The molecule has 4 heteroatoms. The molecule has 3 aromatic rings. The largest absolute Gasteiger partial charge is 0.242 e. The maximum Gasteiger partial charge on any atom is 0.151 e. The number of allylic oxidation sites excluding steroid dienone is 1. The molecule has 3 rings (SSSR count). The monoisotopic (exact) mass is 510 g/mol. The fourth-order valence-corrected chi connectivity index (χ4v) is 2.60. The Hall–Kier alpha value is -3.92. The van der Waals surface area contributed by atoms with Crippen LogP contribution >= 0.6 is 0 Å². The van der Waals surface area contributed by atoms with Gasteiger partial charge in [-0.25, -0.2) is 20.0 Å². The van der Waals surface area contributed by atoms with Gasteiger partial charge in [0.2, 0.25) is 0 Å². The third kappa shape index (κ3) is 15.2. The van der Waals surface area contributed by atoms with Gasteiger partial charge in [0.1, 0.15) is 5.82 Å². The second-order valence-electron chi connectivity index (χ2n) is 7.41. The summed E-state index contributed by atoms with van der Waals surface area (Å²) in [5.41, 5.74) is 4.33. The topological polar surface area (TPSA) is 50.0 Å². The highest BCUT2D eigenvalue weighted by Crippen LogP contribution is 2.11. The number of pyridine rings is 1. The number of benzene rings is 2. The molecule has 0 unspecified atom stereocenters. The molecule has 0 spiro atoms. The van der Waals surface area contributed by atoms with Crippen LogP contribution in [0.3, 0.4) is 0 Å². The Kier molecular flexibility index (Phi) is 21.1. The number of aliphatic imine (C=N–C) groups is 3. The second-order valence-corrected chi connectivity index (χ2v) is 7.41. The van der Waals surface area contributed by atoms with Crippen LogP contribution in [0.5, 0.6) is 0 Å². The first-order valence-electron chi connectivity index (χ1n) is 13.7. The first-order chi connectivity index (χ1) is 18.7. The quantitative estimate of drug-likeness (QED) is 0.220. The first kappa shape index (κ1) is 34.1. The maximum absolute atomic E-state index is 4.37. The van der Waals surface area contributed by atoms with E-state index in [-0.39, 0.29) is 0 Å². The van der Waals surface area contributed by atoms with Crippen LogP contribution in [0.2, 0.25) is 0 Å². The molecule has 0 saturated carbocycles. The lowest BCUT2D eigenvalue weighted by Gasteiger charge is -1.98. The molecule has 0 aliphatic carbocycles. The van der Waals surface area contributed by atoms with Gasteiger partial charge in [-0.15, -0.1) is 0 Å². The summed E-state index contributed by atoms with van der Waals surface area (Å²) in [4.78, 5) is 17.1. The summed E-state index contributed by atoms with van der Waals surface area (Å²) < 4.78 is 0. The van der Waals surface area contributed by atoms with Gasteiger partial charge in [0.05, 0.1) is 0 Å². The molecule has 38 heavy (non-hydrogen) atoms. The zero-order valence-corrected chi connectivity index (χ0v) is 24.6. The molecule has 0 aliphatic heterocycles. The van der Waals surface area contributed by atoms with Gasteiger partial charge in [-0.05, 0) is 54.3 Å². The molecule has 1 heterocycles. The SMILES string of the molecule is CC.CC.CCCC.C\C=N/C(=C\C)/N=C/c1ccc(/C=C/c2ccc(/C=N/c3ccccn3)cc2)cc1. The molecule has 2 aromatic carbocycles. The molecule has 0 aliphatic rings. The van der Waals surface area contributed by atoms with Crippen LogP contribution in [0.4, 0.5) is 5.82 Å². The molecule has 0 N–H and O–H groups in total. The van der Waals surface area contributed by atoms with Crippen molar-refractivity contribution in [3.05, 3.63) is 107 Å². The zero-order chi connectivity index (χ0) is 28.4. The molecule has 0 saturated heterocycles. The Labute approximate surface area is 231 Å². The minimum atomic E-state index is 0.704. The van der Waals surface area contributed by atoms with E-state index in [9.17, 15) is 0 Å². The van der Waals surface area contributed by atoms with E-state index >= 15 is 0 Å². The summed E-state index contributed by atoms with van der Waals surface area (Å²) >= 11 is 0. The van der Waals surface area contributed by atoms with Crippen molar-refractivity contribution >= 4 is 36.6 Å². The lowest BCUT2D eigenvalue weighted by molar-refractivity contribution is 0.886. The predicted molar refractivity (Wildman–Crippen MR) is 172 cm³/mol. The summed E-state index contributed by atoms with van der Waals surface area (Å²) in [5, 5.41) is 0. The first-order valence-corrected chi connectivity index (χ1v) is 13.7. The number of rotatable bonds is 8. The fraction of sp³-hybridized carbons (Fsp3) is 0.294. The number of nitrogens with zero attached hydrogens (tertiary/aromatic N) is 4. The molecular weight excluding hydrogens is 464 g/mol. The van der Waals surface area contributed by atoms with Crippen molar-refractivity contribution in [1.29, 1.82) is 0 Å². The van der Waals surface area contributed by atoms with Crippen molar-refractivity contribution in [2.75, 3.05) is 0 Å². The molecule has 0 amide bonds. The van der Waals surface area contributed by atoms with Crippen molar-refractivity contribution in [1.82, 2.24) is 4.98 Å². The van der Waals surface area contributed by atoms with E-state index in [1.54, 1.807) is 12.4 Å². The Morgan fingerprint density at radius 1 is 0.658 bits per heavy atom. The average Bonchev–Trinajstić information content (AvgIpc) is 3.01. The fourth-order valence-electron chi connectivity index (χ4n) is 2.60. The molecule has 202 valence electrons. The Bertz CT molecular complexity index is 1100. The van der Waals surface area contributed by atoms with Crippen LogP contribution in [-0.4, -0.2) is 23.6 Å². The lowest BCUT2D eigenvalue weighted by Crippen LogP contribution is -1.83. The van der Waals surface area contributed by atoms with Gasteiger partial charge < -0.3 is 0 Å². The summed E-state index contributed by atoms with van der Waals surface area (Å²) in [6, 6.07) is 22.2. The van der Waals surface area contributed by atoms with Gasteiger partial charge in [-0.3, -0.25) is 0 Å². The minimum absolute atomic E-state index is 0.704. The van der Waals surface area contributed by atoms with Gasteiger partial charge in [0, 0.05) is 24.8 Å². The van der Waals surface area contributed by atoms with Crippen LogP contribution in [0.25, 0.3) is 12.2 Å². The molecule has 0 radical (unpaired) electrons. The second kappa shape index (κ2) is 23.5. The van der Waals surface area contributed by atoms with E-state index in [0.29, 0.717) is 11.6 Å². The number of hydrogen-bond donors (Lipinski definition) is 0. The number of hydrogen-bond acceptors (Lipinski definition) is 4. The zero-order valence-electron chi connectivity index (χ0n) is 24.6. The van der Waals surface area contributed by atoms with Crippen LogP contribution in [-0.2, 0) is 0 Å². The lowest BCUT2D eigenvalue weighted by atomic mass is 10.1. The van der Waals surface area contributed by atoms with Gasteiger partial charge in [0.15, 0.2) is 5.82 Å². The number of aromatic nitrogens is 1. The third-order valence-electron chi connectivity index (χ3n) is 4.70. The van der Waals surface area contributed by atoms with Crippen molar-refractivity contribution in [3.63, 3.8) is 0 Å². The molecule has 4 nitrogen and oxygen atoms in total. The van der Waals surface area contributed by atoms with Gasteiger partial charge >= 0.3 is 0 Å². The molecule has 1 aromatic heterocycles.